The Labute approximate surface area is 129 Å². The van der Waals surface area contributed by atoms with Crippen molar-refractivity contribution < 1.29 is 9.90 Å². The first-order chi connectivity index (χ1) is 10.7. The monoisotopic (exact) mass is 300 g/mol. The Hall–Kier alpha value is -2.21. The number of carbonyl (C=O) groups is 1. The number of aliphatic hydroxyl groups excluding tert-OH is 1. The summed E-state index contributed by atoms with van der Waals surface area (Å²) in [6, 6.07) is 3.55. The summed E-state index contributed by atoms with van der Waals surface area (Å²) >= 11 is 0. The van der Waals surface area contributed by atoms with Crippen molar-refractivity contribution >= 4 is 5.91 Å². The van der Waals surface area contributed by atoms with Gasteiger partial charge in [0.05, 0.1) is 11.7 Å². The van der Waals surface area contributed by atoms with E-state index in [-0.39, 0.29) is 12.0 Å². The van der Waals surface area contributed by atoms with E-state index in [1.54, 1.807) is 41.6 Å². The van der Waals surface area contributed by atoms with E-state index in [0.29, 0.717) is 18.0 Å². The van der Waals surface area contributed by atoms with Gasteiger partial charge in [0.25, 0.3) is 5.91 Å². The maximum absolute atomic E-state index is 12.1. The molecule has 2 N–H and O–H groups in total. The van der Waals surface area contributed by atoms with E-state index in [4.69, 9.17) is 0 Å². The molecule has 1 fully saturated rings. The lowest BCUT2D eigenvalue weighted by Gasteiger charge is -2.25. The summed E-state index contributed by atoms with van der Waals surface area (Å²) < 4.78 is 1.78. The van der Waals surface area contributed by atoms with Crippen LogP contribution in [-0.4, -0.2) is 38.2 Å². The average Bonchev–Trinajstić information content (AvgIpc) is 3.07. The highest BCUT2D eigenvalue weighted by Crippen LogP contribution is 2.23. The van der Waals surface area contributed by atoms with Crippen LogP contribution >= 0.6 is 0 Å². The normalized spacial score (nSPS) is 21.5. The van der Waals surface area contributed by atoms with Gasteiger partial charge in [-0.2, -0.15) is 0 Å². The number of nitrogens with one attached hydrogen (secondary N) is 1. The van der Waals surface area contributed by atoms with Crippen molar-refractivity contribution in [2.45, 2.75) is 31.8 Å². The molecule has 0 radical (unpaired) electrons. The molecule has 0 bridgehead atoms. The molecule has 1 aliphatic carbocycles. The van der Waals surface area contributed by atoms with Crippen LogP contribution < -0.4 is 5.32 Å². The molecule has 6 heteroatoms. The SMILES string of the molecule is O=C(NCC1CCCC(O)C1)c1ccc(-n2ccnc2)nc1. The van der Waals surface area contributed by atoms with Crippen LogP contribution in [0, 0.1) is 5.92 Å². The lowest BCUT2D eigenvalue weighted by atomic mass is 9.87. The molecular weight excluding hydrogens is 280 g/mol. The van der Waals surface area contributed by atoms with E-state index in [0.717, 1.165) is 31.5 Å². The van der Waals surface area contributed by atoms with Crippen molar-refractivity contribution in [2.24, 2.45) is 5.92 Å². The molecule has 116 valence electrons. The van der Waals surface area contributed by atoms with Crippen molar-refractivity contribution in [3.8, 4) is 5.82 Å². The molecule has 22 heavy (non-hydrogen) atoms. The number of amides is 1. The van der Waals surface area contributed by atoms with Gasteiger partial charge in [-0.15, -0.1) is 0 Å². The molecule has 1 saturated carbocycles. The van der Waals surface area contributed by atoms with E-state index < -0.39 is 0 Å². The molecule has 0 aromatic carbocycles. The van der Waals surface area contributed by atoms with Gasteiger partial charge in [0.2, 0.25) is 0 Å². The Bertz CT molecular complexity index is 610. The molecule has 2 aromatic heterocycles. The number of imidazole rings is 1. The van der Waals surface area contributed by atoms with Gasteiger partial charge in [-0.05, 0) is 37.3 Å². The first-order valence-electron chi connectivity index (χ1n) is 7.63. The number of hydrogen-bond donors (Lipinski definition) is 2. The molecule has 6 nitrogen and oxygen atoms in total. The summed E-state index contributed by atoms with van der Waals surface area (Å²) in [4.78, 5) is 20.4. The van der Waals surface area contributed by atoms with Crippen molar-refractivity contribution in [1.29, 1.82) is 0 Å². The summed E-state index contributed by atoms with van der Waals surface area (Å²) in [6.07, 6.45) is 10.3. The van der Waals surface area contributed by atoms with E-state index in [1.807, 2.05) is 0 Å². The number of carbonyl (C=O) groups excluding carboxylic acids is 1. The first kappa shape index (κ1) is 14.7. The molecule has 1 amide bonds. The van der Waals surface area contributed by atoms with Crippen LogP contribution in [-0.2, 0) is 0 Å². The lowest BCUT2D eigenvalue weighted by Crippen LogP contribution is -2.33. The zero-order chi connectivity index (χ0) is 15.4. The molecular formula is C16H20N4O2. The molecule has 1 aliphatic rings. The predicted molar refractivity (Wildman–Crippen MR) is 81.7 cm³/mol. The second kappa shape index (κ2) is 6.70. The average molecular weight is 300 g/mol. The summed E-state index contributed by atoms with van der Waals surface area (Å²) in [7, 11) is 0. The van der Waals surface area contributed by atoms with Crippen LogP contribution in [0.2, 0.25) is 0 Å². The summed E-state index contributed by atoms with van der Waals surface area (Å²) in [5.41, 5.74) is 0.542. The van der Waals surface area contributed by atoms with E-state index in [2.05, 4.69) is 15.3 Å². The predicted octanol–water partition coefficient (Wildman–Crippen LogP) is 1.55. The Balaban J connectivity index is 1.56. The maximum Gasteiger partial charge on any atom is 0.252 e. The zero-order valence-corrected chi connectivity index (χ0v) is 12.4. The Morgan fingerprint density at radius 2 is 2.32 bits per heavy atom. The minimum absolute atomic E-state index is 0.121. The van der Waals surface area contributed by atoms with Gasteiger partial charge in [0, 0.05) is 25.1 Å². The van der Waals surface area contributed by atoms with Gasteiger partial charge in [0.15, 0.2) is 0 Å². The third-order valence-electron chi connectivity index (χ3n) is 4.09. The standard InChI is InChI=1S/C16H20N4O2/c21-14-3-1-2-12(8-14)9-19-16(22)13-4-5-15(18-10-13)20-7-6-17-11-20/h4-7,10-12,14,21H,1-3,8-9H2,(H,19,22). The van der Waals surface area contributed by atoms with Gasteiger partial charge in [-0.1, -0.05) is 6.42 Å². The van der Waals surface area contributed by atoms with Gasteiger partial charge in [-0.25, -0.2) is 9.97 Å². The number of hydrogen-bond acceptors (Lipinski definition) is 4. The highest BCUT2D eigenvalue weighted by atomic mass is 16.3. The van der Waals surface area contributed by atoms with Crippen molar-refractivity contribution in [3.05, 3.63) is 42.6 Å². The number of aliphatic hydroxyl groups is 1. The third-order valence-corrected chi connectivity index (χ3v) is 4.09. The number of aromatic nitrogens is 3. The van der Waals surface area contributed by atoms with Crippen molar-refractivity contribution in [2.75, 3.05) is 6.54 Å². The maximum atomic E-state index is 12.1. The van der Waals surface area contributed by atoms with E-state index in [9.17, 15) is 9.90 Å². The minimum Gasteiger partial charge on any atom is -0.393 e. The molecule has 0 aliphatic heterocycles. The summed E-state index contributed by atoms with van der Waals surface area (Å²) in [5, 5.41) is 12.6. The zero-order valence-electron chi connectivity index (χ0n) is 12.4. The molecule has 2 heterocycles. The fraction of sp³-hybridized carbons (Fsp3) is 0.438. The van der Waals surface area contributed by atoms with Crippen LogP contribution in [0.4, 0.5) is 0 Å². The van der Waals surface area contributed by atoms with Crippen LogP contribution in [0.25, 0.3) is 5.82 Å². The van der Waals surface area contributed by atoms with Gasteiger partial charge < -0.3 is 10.4 Å². The fourth-order valence-electron chi connectivity index (χ4n) is 2.85. The van der Waals surface area contributed by atoms with Crippen LogP contribution in [0.1, 0.15) is 36.0 Å². The molecule has 3 rings (SSSR count). The molecule has 0 saturated heterocycles. The molecule has 2 atom stereocenters. The molecule has 0 spiro atoms. The smallest absolute Gasteiger partial charge is 0.252 e. The highest BCUT2D eigenvalue weighted by Gasteiger charge is 2.20. The van der Waals surface area contributed by atoms with Crippen molar-refractivity contribution in [1.82, 2.24) is 19.9 Å². The largest absolute Gasteiger partial charge is 0.393 e. The van der Waals surface area contributed by atoms with Crippen LogP contribution in [0.5, 0.6) is 0 Å². The Kier molecular flexibility index (Phi) is 4.48. The third kappa shape index (κ3) is 3.51. The molecule has 2 aromatic rings. The lowest BCUT2D eigenvalue weighted by molar-refractivity contribution is 0.0873. The fourth-order valence-corrected chi connectivity index (χ4v) is 2.85. The number of rotatable bonds is 4. The Morgan fingerprint density at radius 1 is 1.41 bits per heavy atom. The van der Waals surface area contributed by atoms with Crippen LogP contribution in [0.3, 0.4) is 0 Å². The second-order valence-corrected chi connectivity index (χ2v) is 5.77. The van der Waals surface area contributed by atoms with Gasteiger partial charge in [0.1, 0.15) is 12.1 Å². The quantitative estimate of drug-likeness (QED) is 0.898. The van der Waals surface area contributed by atoms with Gasteiger partial charge in [-0.3, -0.25) is 9.36 Å². The van der Waals surface area contributed by atoms with E-state index in [1.165, 1.54) is 0 Å². The van der Waals surface area contributed by atoms with Gasteiger partial charge >= 0.3 is 0 Å². The van der Waals surface area contributed by atoms with Crippen molar-refractivity contribution in [3.63, 3.8) is 0 Å². The second-order valence-electron chi connectivity index (χ2n) is 5.77. The van der Waals surface area contributed by atoms with E-state index >= 15 is 0 Å². The number of pyridine rings is 1. The van der Waals surface area contributed by atoms with Crippen LogP contribution in [0.15, 0.2) is 37.1 Å². The first-order valence-corrected chi connectivity index (χ1v) is 7.63. The topological polar surface area (TPSA) is 80.0 Å². The summed E-state index contributed by atoms with van der Waals surface area (Å²) in [6.45, 7) is 0.610. The summed E-state index contributed by atoms with van der Waals surface area (Å²) in [5.74, 6) is 0.972. The minimum atomic E-state index is -0.216. The molecule has 2 unspecified atom stereocenters. The Morgan fingerprint density at radius 3 is 3.00 bits per heavy atom. The highest BCUT2D eigenvalue weighted by molar-refractivity contribution is 5.93. The number of nitrogens with zero attached hydrogens (tertiary/aromatic N) is 3.